The predicted octanol–water partition coefficient (Wildman–Crippen LogP) is 4.43. The number of rotatable bonds is 7. The lowest BCUT2D eigenvalue weighted by Crippen LogP contribution is -2.15. The van der Waals surface area contributed by atoms with Crippen molar-refractivity contribution in [1.29, 1.82) is 0 Å². The van der Waals surface area contributed by atoms with Gasteiger partial charge in [-0.15, -0.1) is 0 Å². The number of carbonyl (C=O) groups is 1. The van der Waals surface area contributed by atoms with E-state index in [1.807, 2.05) is 16.9 Å². The van der Waals surface area contributed by atoms with Crippen LogP contribution in [0.4, 0.5) is 0 Å². The number of aromatic nitrogens is 2. The standard InChI is InChI=1S/C17H30N2O/c1-7-14(3)19-9-8-15(18-19)11-16(20)10-13(2)12-17(4,5)6/h8-9,13-14H,7,10-12H2,1-6H3. The third-order valence-corrected chi connectivity index (χ3v) is 3.62. The van der Waals surface area contributed by atoms with Crippen LogP contribution in [-0.2, 0) is 11.2 Å². The van der Waals surface area contributed by atoms with Crippen LogP contribution in [0.2, 0.25) is 0 Å². The van der Waals surface area contributed by atoms with Crippen LogP contribution < -0.4 is 0 Å². The fourth-order valence-corrected chi connectivity index (χ4v) is 2.68. The van der Waals surface area contributed by atoms with Gasteiger partial charge in [-0.2, -0.15) is 5.10 Å². The average Bonchev–Trinajstić information content (AvgIpc) is 2.73. The molecule has 2 unspecified atom stereocenters. The van der Waals surface area contributed by atoms with Gasteiger partial charge in [0.1, 0.15) is 5.78 Å². The summed E-state index contributed by atoms with van der Waals surface area (Å²) < 4.78 is 1.96. The van der Waals surface area contributed by atoms with Crippen LogP contribution in [0.25, 0.3) is 0 Å². The van der Waals surface area contributed by atoms with Crippen LogP contribution in [0.5, 0.6) is 0 Å². The minimum Gasteiger partial charge on any atom is -0.299 e. The Morgan fingerprint density at radius 3 is 2.55 bits per heavy atom. The van der Waals surface area contributed by atoms with E-state index in [1.54, 1.807) is 0 Å². The van der Waals surface area contributed by atoms with Crippen molar-refractivity contribution in [3.05, 3.63) is 18.0 Å². The highest BCUT2D eigenvalue weighted by molar-refractivity contribution is 5.80. The zero-order valence-corrected chi connectivity index (χ0v) is 13.9. The molecule has 0 aliphatic rings. The van der Waals surface area contributed by atoms with Gasteiger partial charge >= 0.3 is 0 Å². The molecule has 1 heterocycles. The molecule has 1 aromatic rings. The first-order chi connectivity index (χ1) is 9.21. The van der Waals surface area contributed by atoms with E-state index in [1.165, 1.54) is 0 Å². The van der Waals surface area contributed by atoms with Crippen molar-refractivity contribution < 1.29 is 4.79 Å². The third kappa shape index (κ3) is 5.89. The first-order valence-corrected chi connectivity index (χ1v) is 7.77. The molecule has 3 nitrogen and oxygen atoms in total. The van der Waals surface area contributed by atoms with Crippen molar-refractivity contribution in [3.8, 4) is 0 Å². The van der Waals surface area contributed by atoms with Gasteiger partial charge in [0.15, 0.2) is 0 Å². The topological polar surface area (TPSA) is 34.9 Å². The van der Waals surface area contributed by atoms with Crippen LogP contribution in [0, 0.1) is 11.3 Å². The van der Waals surface area contributed by atoms with Crippen molar-refractivity contribution in [3.63, 3.8) is 0 Å². The number of nitrogens with zero attached hydrogens (tertiary/aromatic N) is 2. The van der Waals surface area contributed by atoms with Gasteiger partial charge in [0.25, 0.3) is 0 Å². The van der Waals surface area contributed by atoms with E-state index in [2.05, 4.69) is 46.6 Å². The minimum absolute atomic E-state index is 0.290. The maximum absolute atomic E-state index is 12.1. The number of Topliss-reactive ketones (excluding diaryl/α,β-unsaturated/α-hetero) is 1. The molecule has 0 bridgehead atoms. The summed E-state index contributed by atoms with van der Waals surface area (Å²) >= 11 is 0. The molecule has 0 amide bonds. The molecule has 1 aromatic heterocycles. The monoisotopic (exact) mass is 278 g/mol. The average molecular weight is 278 g/mol. The Morgan fingerprint density at radius 2 is 2.00 bits per heavy atom. The van der Waals surface area contributed by atoms with Crippen molar-refractivity contribution in [1.82, 2.24) is 9.78 Å². The zero-order valence-electron chi connectivity index (χ0n) is 13.9. The Bertz CT molecular complexity index is 428. The highest BCUT2D eigenvalue weighted by Gasteiger charge is 2.18. The lowest BCUT2D eigenvalue weighted by molar-refractivity contribution is -0.119. The van der Waals surface area contributed by atoms with Gasteiger partial charge in [-0.1, -0.05) is 34.6 Å². The quantitative estimate of drug-likeness (QED) is 0.739. The summed E-state index contributed by atoms with van der Waals surface area (Å²) in [7, 11) is 0. The summed E-state index contributed by atoms with van der Waals surface area (Å²) in [6.07, 6.45) is 5.25. The predicted molar refractivity (Wildman–Crippen MR) is 83.8 cm³/mol. The smallest absolute Gasteiger partial charge is 0.139 e. The summed E-state index contributed by atoms with van der Waals surface area (Å²) in [5, 5.41) is 4.50. The largest absolute Gasteiger partial charge is 0.299 e. The van der Waals surface area contributed by atoms with Gasteiger partial charge in [-0.3, -0.25) is 9.48 Å². The first-order valence-electron chi connectivity index (χ1n) is 7.77. The number of hydrogen-bond acceptors (Lipinski definition) is 2. The maximum Gasteiger partial charge on any atom is 0.139 e. The fourth-order valence-electron chi connectivity index (χ4n) is 2.68. The number of carbonyl (C=O) groups excluding carboxylic acids is 1. The maximum atomic E-state index is 12.1. The Kier molecular flexibility index (Phi) is 5.97. The summed E-state index contributed by atoms with van der Waals surface area (Å²) in [5.74, 6) is 0.746. The van der Waals surface area contributed by atoms with Crippen LogP contribution in [0.1, 0.15) is 72.5 Å². The van der Waals surface area contributed by atoms with Crippen LogP contribution in [0.15, 0.2) is 12.3 Å². The molecule has 0 aliphatic heterocycles. The van der Waals surface area contributed by atoms with Crippen LogP contribution in [0.3, 0.4) is 0 Å². The lowest BCUT2D eigenvalue weighted by Gasteiger charge is -2.22. The third-order valence-electron chi connectivity index (χ3n) is 3.62. The Morgan fingerprint density at radius 1 is 1.35 bits per heavy atom. The molecule has 0 aromatic carbocycles. The molecule has 20 heavy (non-hydrogen) atoms. The molecule has 0 aliphatic carbocycles. The number of ketones is 1. The van der Waals surface area contributed by atoms with E-state index < -0.39 is 0 Å². The second kappa shape index (κ2) is 7.05. The van der Waals surface area contributed by atoms with Gasteiger partial charge in [-0.25, -0.2) is 0 Å². The van der Waals surface area contributed by atoms with Crippen molar-refractivity contribution in [2.24, 2.45) is 11.3 Å². The van der Waals surface area contributed by atoms with Crippen LogP contribution in [-0.4, -0.2) is 15.6 Å². The van der Waals surface area contributed by atoms with E-state index in [9.17, 15) is 4.79 Å². The fraction of sp³-hybridized carbons (Fsp3) is 0.765. The Hall–Kier alpha value is -1.12. The van der Waals surface area contributed by atoms with Gasteiger partial charge in [0, 0.05) is 18.7 Å². The van der Waals surface area contributed by atoms with Gasteiger partial charge < -0.3 is 0 Å². The van der Waals surface area contributed by atoms with Crippen molar-refractivity contribution >= 4 is 5.78 Å². The summed E-state index contributed by atoms with van der Waals surface area (Å²) in [5.41, 5.74) is 1.19. The Labute approximate surface area is 123 Å². The van der Waals surface area contributed by atoms with Crippen molar-refractivity contribution in [2.75, 3.05) is 0 Å². The second-order valence-electron chi connectivity index (χ2n) is 7.33. The molecule has 114 valence electrons. The van der Waals surface area contributed by atoms with E-state index in [0.29, 0.717) is 30.6 Å². The molecule has 1 rings (SSSR count). The molecule has 0 saturated carbocycles. The molecule has 3 heteroatoms. The molecule has 0 spiro atoms. The normalized spacial score (nSPS) is 15.1. The molecule has 0 fully saturated rings. The first kappa shape index (κ1) is 16.9. The lowest BCUT2D eigenvalue weighted by atomic mass is 9.83. The SMILES string of the molecule is CCC(C)n1ccc(CC(=O)CC(C)CC(C)(C)C)n1. The highest BCUT2D eigenvalue weighted by atomic mass is 16.1. The molecular weight excluding hydrogens is 248 g/mol. The van der Waals surface area contributed by atoms with Crippen LogP contribution >= 0.6 is 0 Å². The molecule has 2 atom stereocenters. The Balaban J connectivity index is 2.48. The van der Waals surface area contributed by atoms with Gasteiger partial charge in [-0.05, 0) is 37.2 Å². The van der Waals surface area contributed by atoms with Crippen molar-refractivity contribution in [2.45, 2.75) is 73.3 Å². The van der Waals surface area contributed by atoms with Gasteiger partial charge in [0.05, 0.1) is 12.1 Å². The van der Waals surface area contributed by atoms with E-state index in [0.717, 1.165) is 18.5 Å². The minimum atomic E-state index is 0.290. The molecule has 0 N–H and O–H groups in total. The number of hydrogen-bond donors (Lipinski definition) is 0. The summed E-state index contributed by atoms with van der Waals surface area (Å²) in [6, 6.07) is 2.37. The van der Waals surface area contributed by atoms with Gasteiger partial charge in [0.2, 0.25) is 0 Å². The summed E-state index contributed by atoms with van der Waals surface area (Å²) in [4.78, 5) is 12.1. The van der Waals surface area contributed by atoms with E-state index >= 15 is 0 Å². The molecular formula is C17H30N2O. The zero-order chi connectivity index (χ0) is 15.3. The summed E-state index contributed by atoms with van der Waals surface area (Å²) in [6.45, 7) is 13.1. The molecule has 0 radical (unpaired) electrons. The van der Waals surface area contributed by atoms with E-state index in [-0.39, 0.29) is 5.41 Å². The molecule has 0 saturated heterocycles. The highest BCUT2D eigenvalue weighted by Crippen LogP contribution is 2.26. The van der Waals surface area contributed by atoms with E-state index in [4.69, 9.17) is 0 Å². The second-order valence-corrected chi connectivity index (χ2v) is 7.33.